The van der Waals surface area contributed by atoms with Crippen molar-refractivity contribution >= 4 is 62.5 Å². The van der Waals surface area contributed by atoms with Gasteiger partial charge in [-0.2, -0.15) is 0 Å². The van der Waals surface area contributed by atoms with Gasteiger partial charge in [-0.25, -0.2) is 4.98 Å². The molecule has 0 bridgehead atoms. The van der Waals surface area contributed by atoms with Crippen LogP contribution in [0, 0.1) is 0 Å². The maximum absolute atomic E-state index is 12.2. The number of benzene rings is 1. The quantitative estimate of drug-likeness (QED) is 0.334. The Kier molecular flexibility index (Phi) is 7.96. The van der Waals surface area contributed by atoms with Gasteiger partial charge in [0.05, 0.1) is 16.3 Å². The number of nitrogens with zero attached hydrogens (tertiary/aromatic N) is 5. The third-order valence-corrected chi connectivity index (χ3v) is 10.7. The minimum Gasteiger partial charge on any atom is -0.440 e. The van der Waals surface area contributed by atoms with Crippen LogP contribution in [-0.4, -0.2) is 72.7 Å². The highest BCUT2D eigenvalue weighted by Gasteiger charge is 2.48. The van der Waals surface area contributed by atoms with E-state index in [9.17, 15) is 9.90 Å². The monoisotopic (exact) mass is 586 g/mol. The van der Waals surface area contributed by atoms with Crippen LogP contribution in [0.4, 0.5) is 0 Å². The average molecular weight is 587 g/mol. The molecule has 2 N–H and O–H groups in total. The zero-order chi connectivity index (χ0) is 27.7. The van der Waals surface area contributed by atoms with Crippen molar-refractivity contribution in [1.82, 2.24) is 10.3 Å². The minimum absolute atomic E-state index is 0.0853. The first kappa shape index (κ1) is 27.9. The number of aromatic nitrogens is 1. The molecule has 206 valence electrons. The molecule has 1 amide bonds. The molecule has 10 nitrogen and oxygen atoms in total. The van der Waals surface area contributed by atoms with E-state index < -0.39 is 29.1 Å². The van der Waals surface area contributed by atoms with Gasteiger partial charge in [-0.15, -0.1) is 35.3 Å². The molecule has 3 atom stereocenters. The summed E-state index contributed by atoms with van der Waals surface area (Å²) in [5.74, 6) is 2.16. The number of oxime groups is 1. The maximum Gasteiger partial charge on any atom is 0.273 e. The Morgan fingerprint density at radius 2 is 1.69 bits per heavy atom. The number of hydrogen-bond acceptors (Lipinski definition) is 12. The van der Waals surface area contributed by atoms with Crippen LogP contribution >= 0.6 is 35.3 Å². The molecular weight excluding hydrogens is 557 g/mol. The fourth-order valence-electron chi connectivity index (χ4n) is 4.22. The van der Waals surface area contributed by atoms with Crippen molar-refractivity contribution in [1.29, 1.82) is 0 Å². The number of rotatable bonds is 9. The third-order valence-electron chi connectivity index (χ3n) is 6.51. The summed E-state index contributed by atoms with van der Waals surface area (Å²) < 4.78 is 5.79. The van der Waals surface area contributed by atoms with Crippen LogP contribution in [0.5, 0.6) is 0 Å². The first-order valence-corrected chi connectivity index (χ1v) is 15.3. The van der Waals surface area contributed by atoms with Gasteiger partial charge in [-0.3, -0.25) is 19.8 Å². The molecule has 0 fully saturated rings. The summed E-state index contributed by atoms with van der Waals surface area (Å²) in [4.78, 5) is 37.1. The Labute approximate surface area is 239 Å². The Bertz CT molecular complexity index is 1380. The van der Waals surface area contributed by atoms with Crippen LogP contribution in [-0.2, 0) is 23.6 Å². The summed E-state index contributed by atoms with van der Waals surface area (Å²) in [6, 6.07) is 9.90. The van der Waals surface area contributed by atoms with Crippen LogP contribution in [0.25, 0.3) is 0 Å². The molecular formula is C26H30N6O4S3. The van der Waals surface area contributed by atoms with Crippen LogP contribution < -0.4 is 5.32 Å². The Balaban J connectivity index is 1.29. The van der Waals surface area contributed by atoms with Gasteiger partial charge in [0.1, 0.15) is 34.9 Å². The molecule has 3 aliphatic rings. The Hall–Kier alpha value is -2.61. The molecule has 3 aliphatic heterocycles. The van der Waals surface area contributed by atoms with E-state index in [2.05, 4.69) is 29.3 Å². The molecule has 0 spiro atoms. The smallest absolute Gasteiger partial charge is 0.273 e. The first-order valence-electron chi connectivity index (χ1n) is 12.4. The van der Waals surface area contributed by atoms with E-state index in [1.165, 1.54) is 7.05 Å². The van der Waals surface area contributed by atoms with Gasteiger partial charge in [0.15, 0.2) is 11.5 Å². The van der Waals surface area contributed by atoms with E-state index in [0.717, 1.165) is 32.2 Å². The normalized spacial score (nSPS) is 28.5. The second-order valence-electron chi connectivity index (χ2n) is 9.99. The molecule has 0 radical (unpaired) electrons. The van der Waals surface area contributed by atoms with E-state index in [1.54, 1.807) is 41.5 Å². The van der Waals surface area contributed by atoms with Crippen molar-refractivity contribution in [2.24, 2.45) is 20.1 Å². The summed E-state index contributed by atoms with van der Waals surface area (Å²) in [6.45, 7) is 6.10. The minimum atomic E-state index is -0.767. The number of amides is 1. The number of carbonyl (C=O) groups is 1. The molecule has 0 unspecified atom stereocenters. The van der Waals surface area contributed by atoms with Gasteiger partial charge in [0, 0.05) is 24.3 Å². The molecule has 1 aromatic carbocycles. The highest BCUT2D eigenvalue weighted by molar-refractivity contribution is 8.17. The summed E-state index contributed by atoms with van der Waals surface area (Å²) in [7, 11) is 1.51. The lowest BCUT2D eigenvalue weighted by molar-refractivity contribution is 0.0953. The lowest BCUT2D eigenvalue weighted by Crippen LogP contribution is -2.33. The fourth-order valence-corrected chi connectivity index (χ4v) is 8.03. The molecule has 5 rings (SSSR count). The highest BCUT2D eigenvalue weighted by atomic mass is 32.2. The molecule has 13 heteroatoms. The van der Waals surface area contributed by atoms with Crippen LogP contribution in [0.2, 0.25) is 0 Å². The summed E-state index contributed by atoms with van der Waals surface area (Å²) in [6.07, 6.45) is 1.67. The standard InChI is InChI=1S/C26H30N6O4S3/c1-24(21-29-19(20(34)27-4)17(11-33)36-21)13-38-23(31-24)26(3)15-39-22(32-26)25(2)14-37-18(30-25)10-28-35-12-16-8-6-5-7-9-16/h5-10,33H,11-15H2,1-4H3,(H,27,34)/b28-10+/t24-,25-,26-/m0/s1. The van der Waals surface area contributed by atoms with Gasteiger partial charge >= 0.3 is 0 Å². The zero-order valence-electron chi connectivity index (χ0n) is 22.1. The van der Waals surface area contributed by atoms with E-state index in [1.807, 2.05) is 37.3 Å². The Morgan fingerprint density at radius 3 is 2.38 bits per heavy atom. The van der Waals surface area contributed by atoms with E-state index >= 15 is 0 Å². The highest BCUT2D eigenvalue weighted by Crippen LogP contribution is 2.46. The molecule has 1 aromatic heterocycles. The van der Waals surface area contributed by atoms with Crippen molar-refractivity contribution in [3.63, 3.8) is 0 Å². The zero-order valence-corrected chi connectivity index (χ0v) is 24.6. The van der Waals surface area contributed by atoms with E-state index in [0.29, 0.717) is 18.3 Å². The lowest BCUT2D eigenvalue weighted by atomic mass is 10.0. The molecule has 0 saturated carbocycles. The van der Waals surface area contributed by atoms with Crippen LogP contribution in [0.15, 0.2) is 54.9 Å². The molecule has 2 aromatic rings. The number of aliphatic hydroxyl groups is 1. The number of aliphatic hydroxyl groups excluding tert-OH is 1. The fraction of sp³-hybridized carbons (Fsp3) is 0.462. The summed E-state index contributed by atoms with van der Waals surface area (Å²) in [5.41, 5.74) is -0.568. The van der Waals surface area contributed by atoms with Crippen molar-refractivity contribution in [3.05, 3.63) is 53.2 Å². The molecule has 0 aliphatic carbocycles. The SMILES string of the molecule is CNC(=O)c1nc([C@]2(C)CSC([C@]3(C)CSC([C@]4(C)CSC(/C=N/OCc5ccccc5)=N4)=N3)=N2)oc1CO. The molecule has 0 saturated heterocycles. The number of carbonyl (C=O) groups excluding carboxylic acids is 1. The number of aliphatic imine (C=N–C) groups is 3. The van der Waals surface area contributed by atoms with Crippen LogP contribution in [0.1, 0.15) is 48.5 Å². The lowest BCUT2D eigenvalue weighted by Gasteiger charge is -2.20. The first-order chi connectivity index (χ1) is 18.7. The summed E-state index contributed by atoms with van der Waals surface area (Å²) in [5, 5.41) is 19.0. The predicted octanol–water partition coefficient (Wildman–Crippen LogP) is 3.90. The Morgan fingerprint density at radius 1 is 1.05 bits per heavy atom. The van der Waals surface area contributed by atoms with Gasteiger partial charge in [-0.05, 0) is 26.3 Å². The number of nitrogens with one attached hydrogen (secondary N) is 1. The van der Waals surface area contributed by atoms with Gasteiger partial charge < -0.3 is 19.7 Å². The van der Waals surface area contributed by atoms with Crippen LogP contribution in [0.3, 0.4) is 0 Å². The second kappa shape index (κ2) is 11.1. The number of oxazole rings is 1. The summed E-state index contributed by atoms with van der Waals surface area (Å²) >= 11 is 4.97. The maximum atomic E-state index is 12.2. The second-order valence-corrected chi connectivity index (χ2v) is 12.9. The van der Waals surface area contributed by atoms with E-state index in [4.69, 9.17) is 24.2 Å². The van der Waals surface area contributed by atoms with Gasteiger partial charge in [0.25, 0.3) is 5.91 Å². The van der Waals surface area contributed by atoms with Crippen molar-refractivity contribution in [2.45, 2.75) is 50.6 Å². The molecule has 39 heavy (non-hydrogen) atoms. The van der Waals surface area contributed by atoms with Crippen molar-refractivity contribution < 1.29 is 19.2 Å². The topological polar surface area (TPSA) is 134 Å². The van der Waals surface area contributed by atoms with E-state index in [-0.39, 0.29) is 11.5 Å². The number of thioether (sulfide) groups is 3. The van der Waals surface area contributed by atoms with Crippen molar-refractivity contribution in [3.8, 4) is 0 Å². The average Bonchev–Trinajstić information content (AvgIpc) is 3.73. The number of hydrogen-bond donors (Lipinski definition) is 2. The predicted molar refractivity (Wildman–Crippen MR) is 159 cm³/mol. The van der Waals surface area contributed by atoms with Gasteiger partial charge in [0.2, 0.25) is 5.89 Å². The van der Waals surface area contributed by atoms with Gasteiger partial charge in [-0.1, -0.05) is 35.5 Å². The molecule has 4 heterocycles. The third kappa shape index (κ3) is 5.67. The largest absolute Gasteiger partial charge is 0.440 e. The van der Waals surface area contributed by atoms with Crippen molar-refractivity contribution in [2.75, 3.05) is 24.3 Å².